The number of rotatable bonds is 6. The molecule has 0 saturated carbocycles. The van der Waals surface area contributed by atoms with Gasteiger partial charge in [-0.05, 0) is 57.8 Å². The first-order chi connectivity index (χ1) is 10.1. The molecule has 1 aliphatic rings. The van der Waals surface area contributed by atoms with Crippen LogP contribution in [0.2, 0.25) is 10.2 Å². The van der Waals surface area contributed by atoms with Crippen molar-refractivity contribution in [1.82, 2.24) is 15.2 Å². The molecule has 118 valence electrons. The second kappa shape index (κ2) is 8.33. The zero-order chi connectivity index (χ0) is 15.2. The standard InChI is InChI=1S/C16H25Cl2N3/c1-3-8-21(10-13-4-6-19-7-5-13)11-14-15(17)9-12(2)20-16(14)18/h9,13,19H,3-8,10-11H2,1-2H3. The summed E-state index contributed by atoms with van der Waals surface area (Å²) in [4.78, 5) is 6.81. The van der Waals surface area contributed by atoms with Gasteiger partial charge < -0.3 is 5.32 Å². The predicted molar refractivity (Wildman–Crippen MR) is 90.2 cm³/mol. The molecule has 3 nitrogen and oxygen atoms in total. The summed E-state index contributed by atoms with van der Waals surface area (Å²) in [6.07, 6.45) is 3.65. The van der Waals surface area contributed by atoms with E-state index in [9.17, 15) is 0 Å². The molecule has 0 unspecified atom stereocenters. The van der Waals surface area contributed by atoms with Gasteiger partial charge >= 0.3 is 0 Å². The zero-order valence-electron chi connectivity index (χ0n) is 13.0. The maximum absolute atomic E-state index is 6.36. The average Bonchev–Trinajstić information content (AvgIpc) is 2.44. The number of aryl methyl sites for hydroxylation is 1. The molecule has 21 heavy (non-hydrogen) atoms. The summed E-state index contributed by atoms with van der Waals surface area (Å²) < 4.78 is 0. The van der Waals surface area contributed by atoms with E-state index in [1.807, 2.05) is 13.0 Å². The molecule has 0 bridgehead atoms. The molecular formula is C16H25Cl2N3. The Morgan fingerprint density at radius 1 is 1.33 bits per heavy atom. The normalized spacial score (nSPS) is 16.6. The lowest BCUT2D eigenvalue weighted by atomic mass is 9.97. The Bertz CT molecular complexity index is 436. The molecule has 0 radical (unpaired) electrons. The fourth-order valence-electron chi connectivity index (χ4n) is 2.97. The van der Waals surface area contributed by atoms with Gasteiger partial charge in [-0.3, -0.25) is 4.90 Å². The third kappa shape index (κ3) is 5.10. The highest BCUT2D eigenvalue weighted by Gasteiger charge is 2.19. The van der Waals surface area contributed by atoms with Crippen molar-refractivity contribution >= 4 is 23.2 Å². The fourth-order valence-corrected chi connectivity index (χ4v) is 3.62. The summed E-state index contributed by atoms with van der Waals surface area (Å²) >= 11 is 12.7. The van der Waals surface area contributed by atoms with Crippen LogP contribution in [0.15, 0.2) is 6.07 Å². The molecule has 0 spiro atoms. The molecular weight excluding hydrogens is 305 g/mol. The second-order valence-corrected chi connectivity index (χ2v) is 6.71. The maximum Gasteiger partial charge on any atom is 0.135 e. The topological polar surface area (TPSA) is 28.2 Å². The van der Waals surface area contributed by atoms with Crippen LogP contribution in [0, 0.1) is 12.8 Å². The first-order valence-electron chi connectivity index (χ1n) is 7.84. The van der Waals surface area contributed by atoms with E-state index in [1.165, 1.54) is 12.8 Å². The maximum atomic E-state index is 6.36. The third-order valence-corrected chi connectivity index (χ3v) is 4.69. The van der Waals surface area contributed by atoms with Crippen molar-refractivity contribution in [3.05, 3.63) is 27.5 Å². The number of hydrogen-bond donors (Lipinski definition) is 1. The largest absolute Gasteiger partial charge is 0.317 e. The Morgan fingerprint density at radius 2 is 2.05 bits per heavy atom. The SMILES string of the molecule is CCCN(Cc1c(Cl)cc(C)nc1Cl)CC1CCNCC1. The molecule has 2 rings (SSSR count). The second-order valence-electron chi connectivity index (χ2n) is 5.94. The molecule has 1 aromatic rings. The Balaban J connectivity index is 2.05. The van der Waals surface area contributed by atoms with Gasteiger partial charge in [0.25, 0.3) is 0 Å². The predicted octanol–water partition coefficient (Wildman–Crippen LogP) is 3.91. The highest BCUT2D eigenvalue weighted by Crippen LogP contribution is 2.26. The zero-order valence-corrected chi connectivity index (χ0v) is 14.5. The van der Waals surface area contributed by atoms with Crippen LogP contribution < -0.4 is 5.32 Å². The van der Waals surface area contributed by atoms with E-state index in [1.54, 1.807) is 0 Å². The molecule has 5 heteroatoms. The minimum Gasteiger partial charge on any atom is -0.317 e. The number of nitrogens with zero attached hydrogens (tertiary/aromatic N) is 2. The van der Waals surface area contributed by atoms with E-state index in [2.05, 4.69) is 22.1 Å². The third-order valence-electron chi connectivity index (χ3n) is 4.04. The van der Waals surface area contributed by atoms with Gasteiger partial charge in [-0.15, -0.1) is 0 Å². The summed E-state index contributed by atoms with van der Waals surface area (Å²) in [7, 11) is 0. The van der Waals surface area contributed by atoms with Crippen LogP contribution in [0.3, 0.4) is 0 Å². The molecule has 0 aromatic carbocycles. The van der Waals surface area contributed by atoms with E-state index in [0.29, 0.717) is 5.15 Å². The first kappa shape index (κ1) is 17.0. The summed E-state index contributed by atoms with van der Waals surface area (Å²) in [5.74, 6) is 0.772. The molecule has 0 aliphatic carbocycles. The van der Waals surface area contributed by atoms with E-state index >= 15 is 0 Å². The minimum atomic E-state index is 0.548. The molecule has 1 N–H and O–H groups in total. The minimum absolute atomic E-state index is 0.548. The van der Waals surface area contributed by atoms with Crippen LogP contribution in [0.4, 0.5) is 0 Å². The van der Waals surface area contributed by atoms with Crippen molar-refractivity contribution in [3.63, 3.8) is 0 Å². The van der Waals surface area contributed by atoms with Crippen LogP contribution in [-0.2, 0) is 6.54 Å². The van der Waals surface area contributed by atoms with Crippen LogP contribution in [0.5, 0.6) is 0 Å². The summed E-state index contributed by atoms with van der Waals surface area (Å²) in [6, 6.07) is 1.90. The summed E-state index contributed by atoms with van der Waals surface area (Å²) in [5.41, 5.74) is 1.83. The van der Waals surface area contributed by atoms with Crippen molar-refractivity contribution in [1.29, 1.82) is 0 Å². The van der Waals surface area contributed by atoms with E-state index in [4.69, 9.17) is 23.2 Å². The van der Waals surface area contributed by atoms with Crippen LogP contribution in [0.25, 0.3) is 0 Å². The number of piperidine rings is 1. The van der Waals surface area contributed by atoms with Gasteiger partial charge in [-0.1, -0.05) is 30.1 Å². The Morgan fingerprint density at radius 3 is 2.67 bits per heavy atom. The van der Waals surface area contributed by atoms with Gasteiger partial charge in [0.2, 0.25) is 0 Å². The van der Waals surface area contributed by atoms with Crippen molar-refractivity contribution in [2.45, 2.75) is 39.7 Å². The number of halogens is 2. The molecule has 2 heterocycles. The van der Waals surface area contributed by atoms with E-state index in [0.717, 1.165) is 61.3 Å². The summed E-state index contributed by atoms with van der Waals surface area (Å²) in [5, 5.41) is 4.71. The van der Waals surface area contributed by atoms with Gasteiger partial charge in [0.05, 0.1) is 0 Å². The van der Waals surface area contributed by atoms with Crippen molar-refractivity contribution in [2.75, 3.05) is 26.2 Å². The van der Waals surface area contributed by atoms with E-state index < -0.39 is 0 Å². The van der Waals surface area contributed by atoms with Gasteiger partial charge in [0.15, 0.2) is 0 Å². The van der Waals surface area contributed by atoms with Crippen LogP contribution in [0.1, 0.15) is 37.4 Å². The van der Waals surface area contributed by atoms with E-state index in [-0.39, 0.29) is 0 Å². The molecule has 1 aromatic heterocycles. The van der Waals surface area contributed by atoms with Crippen molar-refractivity contribution in [3.8, 4) is 0 Å². The molecule has 0 amide bonds. The monoisotopic (exact) mass is 329 g/mol. The van der Waals surface area contributed by atoms with Crippen molar-refractivity contribution in [2.24, 2.45) is 5.92 Å². The number of pyridine rings is 1. The molecule has 1 saturated heterocycles. The fraction of sp³-hybridized carbons (Fsp3) is 0.688. The lowest BCUT2D eigenvalue weighted by Crippen LogP contribution is -2.36. The Labute approximate surface area is 138 Å². The highest BCUT2D eigenvalue weighted by molar-refractivity contribution is 6.35. The Kier molecular flexibility index (Phi) is 6.74. The molecule has 1 fully saturated rings. The van der Waals surface area contributed by atoms with Gasteiger partial charge in [0.1, 0.15) is 5.15 Å². The van der Waals surface area contributed by atoms with Gasteiger partial charge in [0, 0.05) is 29.4 Å². The average molecular weight is 330 g/mol. The number of nitrogens with one attached hydrogen (secondary N) is 1. The van der Waals surface area contributed by atoms with Crippen molar-refractivity contribution < 1.29 is 0 Å². The number of hydrogen-bond acceptors (Lipinski definition) is 3. The lowest BCUT2D eigenvalue weighted by molar-refractivity contribution is 0.198. The first-order valence-corrected chi connectivity index (χ1v) is 8.60. The Hall–Kier alpha value is -0.350. The molecule has 1 aliphatic heterocycles. The smallest absolute Gasteiger partial charge is 0.135 e. The van der Waals surface area contributed by atoms with Crippen LogP contribution >= 0.6 is 23.2 Å². The quantitative estimate of drug-likeness (QED) is 0.802. The lowest BCUT2D eigenvalue weighted by Gasteiger charge is -2.30. The van der Waals surface area contributed by atoms with Gasteiger partial charge in [-0.2, -0.15) is 0 Å². The van der Waals surface area contributed by atoms with Crippen LogP contribution in [-0.4, -0.2) is 36.1 Å². The molecule has 0 atom stereocenters. The number of aromatic nitrogens is 1. The van der Waals surface area contributed by atoms with Gasteiger partial charge in [-0.25, -0.2) is 4.98 Å². The summed E-state index contributed by atoms with van der Waals surface area (Å²) in [6.45, 7) is 9.39. The highest BCUT2D eigenvalue weighted by atomic mass is 35.5.